The Morgan fingerprint density at radius 3 is 2.52 bits per heavy atom. The third-order valence-corrected chi connectivity index (χ3v) is 6.11. The summed E-state index contributed by atoms with van der Waals surface area (Å²) in [7, 11) is 0. The van der Waals surface area contributed by atoms with E-state index in [4.69, 9.17) is 0 Å². The molecular formula is C21H30N4OS. The molecule has 1 heterocycles. The number of aromatic nitrogens is 3. The summed E-state index contributed by atoms with van der Waals surface area (Å²) in [6.45, 7) is 7.04. The molecule has 0 atom stereocenters. The second-order valence-corrected chi connectivity index (χ2v) is 8.51. The van der Waals surface area contributed by atoms with E-state index in [-0.39, 0.29) is 5.91 Å². The smallest absolute Gasteiger partial charge is 0.234 e. The first kappa shape index (κ1) is 19.9. The Labute approximate surface area is 166 Å². The van der Waals surface area contributed by atoms with Gasteiger partial charge in [0.05, 0.1) is 5.75 Å². The summed E-state index contributed by atoms with van der Waals surface area (Å²) >= 11 is 1.47. The Hall–Kier alpha value is -1.82. The summed E-state index contributed by atoms with van der Waals surface area (Å²) in [5, 5.41) is 12.6. The van der Waals surface area contributed by atoms with Crippen LogP contribution in [0.2, 0.25) is 0 Å². The van der Waals surface area contributed by atoms with Gasteiger partial charge >= 0.3 is 0 Å². The minimum absolute atomic E-state index is 0.00974. The van der Waals surface area contributed by atoms with Crippen LogP contribution in [0.4, 0.5) is 5.69 Å². The quantitative estimate of drug-likeness (QED) is 0.697. The highest BCUT2D eigenvalue weighted by molar-refractivity contribution is 7.99. The van der Waals surface area contributed by atoms with Crippen molar-refractivity contribution in [3.63, 3.8) is 0 Å². The molecule has 1 aromatic heterocycles. The largest absolute Gasteiger partial charge is 0.325 e. The van der Waals surface area contributed by atoms with Crippen molar-refractivity contribution < 1.29 is 4.79 Å². The Balaban J connectivity index is 1.57. The lowest BCUT2D eigenvalue weighted by atomic mass is 9.87. The number of thioether (sulfide) groups is 1. The van der Waals surface area contributed by atoms with E-state index < -0.39 is 0 Å². The molecule has 1 N–H and O–H groups in total. The van der Waals surface area contributed by atoms with Crippen LogP contribution in [0.15, 0.2) is 23.4 Å². The van der Waals surface area contributed by atoms with Crippen LogP contribution in [0.5, 0.6) is 0 Å². The molecular weight excluding hydrogens is 356 g/mol. The molecule has 1 aromatic carbocycles. The van der Waals surface area contributed by atoms with E-state index in [0.717, 1.165) is 46.7 Å². The standard InChI is InChI=1S/C21H30N4OS/c1-4-25-19(13-17-8-6-5-7-9-17)23-24-21(25)27-14-20(26)22-18-11-15(2)10-16(3)12-18/h10-12,17H,4-9,13-14H2,1-3H3,(H,22,26). The van der Waals surface area contributed by atoms with Gasteiger partial charge in [-0.1, -0.05) is 49.9 Å². The molecule has 0 unspecified atom stereocenters. The highest BCUT2D eigenvalue weighted by Gasteiger charge is 2.19. The van der Waals surface area contributed by atoms with Gasteiger partial charge < -0.3 is 9.88 Å². The fraction of sp³-hybridized carbons (Fsp3) is 0.571. The molecule has 0 saturated heterocycles. The van der Waals surface area contributed by atoms with Crippen molar-refractivity contribution in [2.75, 3.05) is 11.1 Å². The molecule has 0 bridgehead atoms. The molecule has 1 fully saturated rings. The Bertz CT molecular complexity index is 760. The van der Waals surface area contributed by atoms with Crippen LogP contribution in [-0.2, 0) is 17.8 Å². The lowest BCUT2D eigenvalue weighted by Crippen LogP contribution is -2.15. The molecule has 1 saturated carbocycles. The van der Waals surface area contributed by atoms with Crippen molar-refractivity contribution in [1.29, 1.82) is 0 Å². The first-order valence-corrected chi connectivity index (χ1v) is 11.0. The van der Waals surface area contributed by atoms with E-state index in [1.165, 1.54) is 43.9 Å². The minimum atomic E-state index is -0.00974. The summed E-state index contributed by atoms with van der Waals surface area (Å²) in [4.78, 5) is 12.3. The number of anilines is 1. The van der Waals surface area contributed by atoms with Gasteiger partial charge in [0.15, 0.2) is 5.16 Å². The number of carbonyl (C=O) groups excluding carboxylic acids is 1. The number of nitrogens with one attached hydrogen (secondary N) is 1. The zero-order valence-electron chi connectivity index (χ0n) is 16.6. The average Bonchev–Trinajstić information content (AvgIpc) is 3.01. The first-order chi connectivity index (χ1) is 13.0. The predicted octanol–water partition coefficient (Wildman–Crippen LogP) is 4.77. The molecule has 1 amide bonds. The molecule has 0 spiro atoms. The number of aryl methyl sites for hydroxylation is 2. The third kappa shape index (κ3) is 5.58. The number of carbonyl (C=O) groups is 1. The number of rotatable bonds is 7. The summed E-state index contributed by atoms with van der Waals surface area (Å²) in [5.41, 5.74) is 3.15. The Morgan fingerprint density at radius 1 is 1.15 bits per heavy atom. The van der Waals surface area contributed by atoms with Crippen molar-refractivity contribution >= 4 is 23.4 Å². The fourth-order valence-corrected chi connectivity index (χ4v) is 4.74. The van der Waals surface area contributed by atoms with Crippen molar-refractivity contribution in [3.8, 4) is 0 Å². The second kappa shape index (κ2) is 9.40. The number of hydrogen-bond donors (Lipinski definition) is 1. The van der Waals surface area contributed by atoms with Gasteiger partial charge in [-0.2, -0.15) is 0 Å². The van der Waals surface area contributed by atoms with Crippen molar-refractivity contribution in [2.24, 2.45) is 5.92 Å². The minimum Gasteiger partial charge on any atom is -0.325 e. The average molecular weight is 387 g/mol. The summed E-state index contributed by atoms with van der Waals surface area (Å²) in [5.74, 6) is 2.14. The fourth-order valence-electron chi connectivity index (χ4n) is 3.92. The summed E-state index contributed by atoms with van der Waals surface area (Å²) in [6.07, 6.45) is 7.66. The van der Waals surface area contributed by atoms with Gasteiger partial charge in [-0.25, -0.2) is 0 Å². The van der Waals surface area contributed by atoms with Gasteiger partial charge in [0.25, 0.3) is 0 Å². The van der Waals surface area contributed by atoms with Gasteiger partial charge in [0.1, 0.15) is 5.82 Å². The Kier molecular flexibility index (Phi) is 6.94. The molecule has 146 valence electrons. The maximum atomic E-state index is 12.3. The van der Waals surface area contributed by atoms with Crippen LogP contribution in [-0.4, -0.2) is 26.4 Å². The van der Waals surface area contributed by atoms with Crippen molar-refractivity contribution in [3.05, 3.63) is 35.2 Å². The molecule has 5 nitrogen and oxygen atoms in total. The number of amides is 1. The number of nitrogens with zero attached hydrogens (tertiary/aromatic N) is 3. The zero-order chi connectivity index (χ0) is 19.2. The molecule has 0 aliphatic heterocycles. The number of benzene rings is 1. The highest BCUT2D eigenvalue weighted by atomic mass is 32.2. The van der Waals surface area contributed by atoms with Gasteiger partial charge in [-0.15, -0.1) is 10.2 Å². The van der Waals surface area contributed by atoms with Gasteiger partial charge in [-0.05, 0) is 49.9 Å². The van der Waals surface area contributed by atoms with Crippen LogP contribution >= 0.6 is 11.8 Å². The van der Waals surface area contributed by atoms with E-state index in [9.17, 15) is 4.79 Å². The van der Waals surface area contributed by atoms with E-state index in [0.29, 0.717) is 5.75 Å². The van der Waals surface area contributed by atoms with Crippen LogP contribution in [0, 0.1) is 19.8 Å². The maximum Gasteiger partial charge on any atom is 0.234 e. The first-order valence-electron chi connectivity index (χ1n) is 9.98. The maximum absolute atomic E-state index is 12.3. The molecule has 1 aliphatic carbocycles. The van der Waals surface area contributed by atoms with E-state index in [2.05, 4.69) is 33.1 Å². The van der Waals surface area contributed by atoms with Gasteiger partial charge in [0.2, 0.25) is 5.91 Å². The van der Waals surface area contributed by atoms with E-state index >= 15 is 0 Å². The Morgan fingerprint density at radius 2 is 1.85 bits per heavy atom. The summed E-state index contributed by atoms with van der Waals surface area (Å²) < 4.78 is 2.17. The highest BCUT2D eigenvalue weighted by Crippen LogP contribution is 2.27. The molecule has 6 heteroatoms. The van der Waals surface area contributed by atoms with Crippen molar-refractivity contribution in [1.82, 2.24) is 14.8 Å². The molecule has 27 heavy (non-hydrogen) atoms. The van der Waals surface area contributed by atoms with E-state index in [1.54, 1.807) is 0 Å². The molecule has 2 aromatic rings. The van der Waals surface area contributed by atoms with Crippen LogP contribution < -0.4 is 5.32 Å². The summed E-state index contributed by atoms with van der Waals surface area (Å²) in [6, 6.07) is 6.08. The third-order valence-electron chi connectivity index (χ3n) is 5.14. The second-order valence-electron chi connectivity index (χ2n) is 7.56. The lowest BCUT2D eigenvalue weighted by molar-refractivity contribution is -0.113. The molecule has 3 rings (SSSR count). The van der Waals surface area contributed by atoms with Crippen LogP contribution in [0.25, 0.3) is 0 Å². The molecule has 0 radical (unpaired) electrons. The lowest BCUT2D eigenvalue weighted by Gasteiger charge is -2.21. The van der Waals surface area contributed by atoms with Crippen LogP contribution in [0.1, 0.15) is 56.0 Å². The monoisotopic (exact) mass is 386 g/mol. The SMILES string of the molecule is CCn1c(CC2CCCCC2)nnc1SCC(=O)Nc1cc(C)cc(C)c1. The zero-order valence-corrected chi connectivity index (χ0v) is 17.4. The molecule has 1 aliphatic rings. The van der Waals surface area contributed by atoms with Gasteiger partial charge in [-0.3, -0.25) is 4.79 Å². The number of hydrogen-bond acceptors (Lipinski definition) is 4. The topological polar surface area (TPSA) is 59.8 Å². The van der Waals surface area contributed by atoms with Gasteiger partial charge in [0, 0.05) is 18.7 Å². The van der Waals surface area contributed by atoms with E-state index in [1.807, 2.05) is 26.0 Å². The van der Waals surface area contributed by atoms with Crippen LogP contribution in [0.3, 0.4) is 0 Å². The van der Waals surface area contributed by atoms with Crippen molar-refractivity contribution in [2.45, 2.75) is 71.0 Å². The predicted molar refractivity (Wildman–Crippen MR) is 111 cm³/mol. The normalized spacial score (nSPS) is 15.1.